The highest BCUT2D eigenvalue weighted by Gasteiger charge is 2.16. The molecular formula is C18H28N4O. The normalized spacial score (nSPS) is 12.7. The second-order valence-electron chi connectivity index (χ2n) is 6.22. The molecule has 1 atom stereocenters. The van der Waals surface area contributed by atoms with Gasteiger partial charge in [-0.1, -0.05) is 29.8 Å². The molecule has 0 bridgehead atoms. The fourth-order valence-corrected chi connectivity index (χ4v) is 2.86. The van der Waals surface area contributed by atoms with E-state index in [1.165, 1.54) is 11.1 Å². The van der Waals surface area contributed by atoms with E-state index in [1.54, 1.807) is 11.8 Å². The van der Waals surface area contributed by atoms with Gasteiger partial charge in [0.25, 0.3) is 0 Å². The van der Waals surface area contributed by atoms with Crippen LogP contribution in [0.3, 0.4) is 0 Å². The maximum Gasteiger partial charge on any atom is 0.216 e. The number of ether oxygens (including phenoxy) is 1. The van der Waals surface area contributed by atoms with Crippen molar-refractivity contribution in [2.75, 3.05) is 27.7 Å². The van der Waals surface area contributed by atoms with Crippen molar-refractivity contribution in [3.05, 3.63) is 46.6 Å². The van der Waals surface area contributed by atoms with E-state index in [0.717, 1.165) is 30.2 Å². The number of hydrogen-bond donors (Lipinski definition) is 1. The Kier molecular flexibility index (Phi) is 5.80. The largest absolute Gasteiger partial charge is 0.481 e. The van der Waals surface area contributed by atoms with Crippen LogP contribution in [0, 0.1) is 13.8 Å². The topological polar surface area (TPSA) is 42.3 Å². The van der Waals surface area contributed by atoms with Crippen molar-refractivity contribution in [3.8, 4) is 5.88 Å². The van der Waals surface area contributed by atoms with Gasteiger partial charge in [0.2, 0.25) is 5.88 Å². The van der Waals surface area contributed by atoms with Gasteiger partial charge in [-0.3, -0.25) is 0 Å². The molecule has 1 heterocycles. The van der Waals surface area contributed by atoms with Crippen LogP contribution in [-0.4, -0.2) is 42.4 Å². The Bertz CT molecular complexity index is 631. The van der Waals surface area contributed by atoms with E-state index >= 15 is 0 Å². The van der Waals surface area contributed by atoms with Crippen LogP contribution in [0.4, 0.5) is 0 Å². The van der Waals surface area contributed by atoms with Gasteiger partial charge >= 0.3 is 0 Å². The first-order valence-corrected chi connectivity index (χ1v) is 7.94. The Morgan fingerprint density at radius 3 is 2.43 bits per heavy atom. The van der Waals surface area contributed by atoms with Crippen LogP contribution in [0.2, 0.25) is 0 Å². The molecule has 1 N–H and O–H groups in total. The lowest BCUT2D eigenvalue weighted by Crippen LogP contribution is -2.31. The molecule has 1 aromatic heterocycles. The molecule has 2 rings (SSSR count). The number of hydrogen-bond acceptors (Lipinski definition) is 4. The molecule has 0 amide bonds. The SMILES string of the molecule is COc1c(CNCC(c2ccc(C)cc2)N(C)C)c(C)nn1C. The first-order valence-electron chi connectivity index (χ1n) is 7.94. The first kappa shape index (κ1) is 17.5. The lowest BCUT2D eigenvalue weighted by atomic mass is 10.0. The molecule has 0 saturated heterocycles. The molecule has 0 spiro atoms. The molecule has 0 aliphatic rings. The summed E-state index contributed by atoms with van der Waals surface area (Å²) in [5.74, 6) is 0.826. The molecule has 0 aliphatic carbocycles. The second kappa shape index (κ2) is 7.62. The van der Waals surface area contributed by atoms with Gasteiger partial charge in [0.1, 0.15) is 0 Å². The molecule has 1 aromatic carbocycles. The van der Waals surface area contributed by atoms with Crippen molar-refractivity contribution in [2.45, 2.75) is 26.4 Å². The summed E-state index contributed by atoms with van der Waals surface area (Å²) in [4.78, 5) is 2.24. The Hall–Kier alpha value is -1.85. The van der Waals surface area contributed by atoms with E-state index in [-0.39, 0.29) is 0 Å². The summed E-state index contributed by atoms with van der Waals surface area (Å²) in [5.41, 5.74) is 4.74. The zero-order chi connectivity index (χ0) is 17.0. The number of aromatic nitrogens is 2. The number of rotatable bonds is 7. The van der Waals surface area contributed by atoms with Crippen molar-refractivity contribution in [2.24, 2.45) is 7.05 Å². The highest BCUT2D eigenvalue weighted by molar-refractivity contribution is 5.31. The van der Waals surface area contributed by atoms with Gasteiger partial charge in [0, 0.05) is 26.2 Å². The van der Waals surface area contributed by atoms with Crippen LogP contribution in [0.25, 0.3) is 0 Å². The summed E-state index contributed by atoms with van der Waals surface area (Å²) < 4.78 is 7.24. The summed E-state index contributed by atoms with van der Waals surface area (Å²) in [6.45, 7) is 5.75. The predicted octanol–water partition coefficient (Wildman–Crippen LogP) is 2.44. The molecule has 23 heavy (non-hydrogen) atoms. The van der Waals surface area contributed by atoms with Gasteiger partial charge in [-0.25, -0.2) is 4.68 Å². The van der Waals surface area contributed by atoms with Crippen LogP contribution < -0.4 is 10.1 Å². The van der Waals surface area contributed by atoms with Crippen molar-refractivity contribution in [3.63, 3.8) is 0 Å². The van der Waals surface area contributed by atoms with E-state index in [4.69, 9.17) is 4.74 Å². The number of nitrogens with one attached hydrogen (secondary N) is 1. The van der Waals surface area contributed by atoms with E-state index in [2.05, 4.69) is 60.6 Å². The zero-order valence-electron chi connectivity index (χ0n) is 15.1. The number of aryl methyl sites for hydroxylation is 3. The first-order chi connectivity index (χ1) is 10.9. The highest BCUT2D eigenvalue weighted by atomic mass is 16.5. The zero-order valence-corrected chi connectivity index (χ0v) is 15.1. The molecule has 126 valence electrons. The maximum atomic E-state index is 5.45. The van der Waals surface area contributed by atoms with Gasteiger partial charge in [-0.2, -0.15) is 5.10 Å². The van der Waals surface area contributed by atoms with Gasteiger partial charge in [-0.15, -0.1) is 0 Å². The monoisotopic (exact) mass is 316 g/mol. The average Bonchev–Trinajstić information content (AvgIpc) is 2.78. The number of benzene rings is 1. The van der Waals surface area contributed by atoms with Crippen LogP contribution >= 0.6 is 0 Å². The quantitative estimate of drug-likeness (QED) is 0.852. The van der Waals surface area contributed by atoms with Crippen molar-refractivity contribution < 1.29 is 4.74 Å². The fraction of sp³-hybridized carbons (Fsp3) is 0.500. The van der Waals surface area contributed by atoms with E-state index in [1.807, 2.05) is 14.0 Å². The van der Waals surface area contributed by atoms with Crippen LogP contribution in [0.5, 0.6) is 5.88 Å². The molecule has 1 unspecified atom stereocenters. The number of methoxy groups -OCH3 is 1. The lowest BCUT2D eigenvalue weighted by Gasteiger charge is -2.25. The average molecular weight is 316 g/mol. The number of likely N-dealkylation sites (N-methyl/N-ethyl adjacent to an activating group) is 1. The van der Waals surface area contributed by atoms with Crippen molar-refractivity contribution >= 4 is 0 Å². The standard InChI is InChI=1S/C18H28N4O/c1-13-7-9-15(10-8-13)17(21(3)4)12-19-11-16-14(2)20-22(5)18(16)23-6/h7-10,17,19H,11-12H2,1-6H3. The molecular weight excluding hydrogens is 288 g/mol. The third-order valence-electron chi connectivity index (χ3n) is 4.21. The third kappa shape index (κ3) is 4.12. The molecule has 5 heteroatoms. The molecule has 2 aromatic rings. The van der Waals surface area contributed by atoms with Gasteiger partial charge in [-0.05, 0) is 33.5 Å². The van der Waals surface area contributed by atoms with E-state index < -0.39 is 0 Å². The van der Waals surface area contributed by atoms with Crippen LogP contribution in [0.15, 0.2) is 24.3 Å². The molecule has 0 saturated carbocycles. The Morgan fingerprint density at radius 2 is 1.87 bits per heavy atom. The van der Waals surface area contributed by atoms with Gasteiger partial charge in [0.15, 0.2) is 0 Å². The van der Waals surface area contributed by atoms with Crippen LogP contribution in [0.1, 0.15) is 28.4 Å². The van der Waals surface area contributed by atoms with E-state index in [0.29, 0.717) is 6.04 Å². The lowest BCUT2D eigenvalue weighted by molar-refractivity contribution is 0.287. The summed E-state index contributed by atoms with van der Waals surface area (Å²) in [5, 5.41) is 7.97. The van der Waals surface area contributed by atoms with Crippen LogP contribution in [-0.2, 0) is 13.6 Å². The summed E-state index contributed by atoms with van der Waals surface area (Å²) in [7, 11) is 7.82. The Balaban J connectivity index is 2.04. The minimum absolute atomic E-state index is 0.332. The van der Waals surface area contributed by atoms with Crippen molar-refractivity contribution in [1.82, 2.24) is 20.0 Å². The van der Waals surface area contributed by atoms with E-state index in [9.17, 15) is 0 Å². The molecule has 0 radical (unpaired) electrons. The molecule has 0 fully saturated rings. The Morgan fingerprint density at radius 1 is 1.22 bits per heavy atom. The number of nitrogens with zero attached hydrogens (tertiary/aromatic N) is 3. The van der Waals surface area contributed by atoms with Gasteiger partial charge < -0.3 is 15.0 Å². The minimum atomic E-state index is 0.332. The molecule has 5 nitrogen and oxygen atoms in total. The van der Waals surface area contributed by atoms with Crippen molar-refractivity contribution in [1.29, 1.82) is 0 Å². The maximum absolute atomic E-state index is 5.45. The Labute approximate surface area is 139 Å². The summed E-state index contributed by atoms with van der Waals surface area (Å²) in [6.07, 6.45) is 0. The third-order valence-corrected chi connectivity index (χ3v) is 4.21. The predicted molar refractivity (Wildman–Crippen MR) is 93.8 cm³/mol. The minimum Gasteiger partial charge on any atom is -0.481 e. The summed E-state index contributed by atoms with van der Waals surface area (Å²) in [6, 6.07) is 9.08. The summed E-state index contributed by atoms with van der Waals surface area (Å²) >= 11 is 0. The fourth-order valence-electron chi connectivity index (χ4n) is 2.86. The smallest absolute Gasteiger partial charge is 0.216 e. The van der Waals surface area contributed by atoms with Gasteiger partial charge in [0.05, 0.1) is 18.4 Å². The highest BCUT2D eigenvalue weighted by Crippen LogP contribution is 2.22. The molecule has 0 aliphatic heterocycles. The second-order valence-corrected chi connectivity index (χ2v) is 6.22.